The van der Waals surface area contributed by atoms with E-state index in [0.29, 0.717) is 28.8 Å². The zero-order chi connectivity index (χ0) is 28.4. The van der Waals surface area contributed by atoms with Gasteiger partial charge in [0.1, 0.15) is 11.6 Å². The second-order valence-corrected chi connectivity index (χ2v) is 11.2. The number of rotatable bonds is 10. The molecule has 1 heterocycles. The minimum Gasteiger partial charge on any atom is -0.497 e. The van der Waals surface area contributed by atoms with Crippen molar-refractivity contribution in [1.82, 2.24) is 9.88 Å². The Hall–Kier alpha value is -4.13. The van der Waals surface area contributed by atoms with E-state index in [2.05, 4.69) is 11.9 Å². The Bertz CT molecular complexity index is 1500. The Balaban J connectivity index is 1.28. The van der Waals surface area contributed by atoms with Crippen LogP contribution in [0, 0.1) is 17.2 Å². The standard InChI is InChI=1S/C33H35FN2O4/c1-4-24(8-5-21(2)40-3)25-9-6-22(7-10-25)20-36-14-13-27-29(34)12-11-28(31(27)36)32(39)35-26-18-33(19-26)16-23(17-33)15-30(37)38/h4-14,23,26H,2,15-20H2,1,3H3,(H,35,39)(H,37,38)/b8-5-,24-4+. The van der Waals surface area contributed by atoms with E-state index in [1.165, 1.54) is 6.07 Å². The molecule has 2 aliphatic carbocycles. The minimum absolute atomic E-state index is 0.0604. The molecule has 0 unspecified atom stereocenters. The fraction of sp³-hybridized carbons (Fsp3) is 0.333. The number of carboxylic acids is 1. The number of ether oxygens (including phenoxy) is 1. The molecular weight excluding hydrogens is 507 g/mol. The highest BCUT2D eigenvalue weighted by Crippen LogP contribution is 2.59. The zero-order valence-electron chi connectivity index (χ0n) is 23.0. The highest BCUT2D eigenvalue weighted by Gasteiger charge is 2.53. The Morgan fingerprint density at radius 1 is 1.12 bits per heavy atom. The van der Waals surface area contributed by atoms with Crippen molar-refractivity contribution in [2.24, 2.45) is 11.3 Å². The highest BCUT2D eigenvalue weighted by atomic mass is 19.1. The molecule has 0 atom stereocenters. The molecule has 2 N–H and O–H groups in total. The van der Waals surface area contributed by atoms with Gasteiger partial charge in [-0.3, -0.25) is 9.59 Å². The van der Waals surface area contributed by atoms with Gasteiger partial charge < -0.3 is 19.7 Å². The summed E-state index contributed by atoms with van der Waals surface area (Å²) in [5, 5.41) is 12.6. The number of fused-ring (bicyclic) bond motifs is 1. The monoisotopic (exact) mass is 542 g/mol. The summed E-state index contributed by atoms with van der Waals surface area (Å²) in [5.41, 5.74) is 4.33. The molecule has 3 aromatic rings. The first-order valence-corrected chi connectivity index (χ1v) is 13.7. The third-order valence-electron chi connectivity index (χ3n) is 8.38. The van der Waals surface area contributed by atoms with Gasteiger partial charge >= 0.3 is 5.97 Å². The van der Waals surface area contributed by atoms with E-state index in [9.17, 15) is 14.0 Å². The number of amides is 1. The number of benzene rings is 2. The Kier molecular flexibility index (Phi) is 7.66. The van der Waals surface area contributed by atoms with Crippen molar-refractivity contribution in [2.45, 2.75) is 51.6 Å². The lowest BCUT2D eigenvalue weighted by Crippen LogP contribution is -2.56. The van der Waals surface area contributed by atoms with Crippen LogP contribution in [-0.4, -0.2) is 34.7 Å². The van der Waals surface area contributed by atoms with Gasteiger partial charge in [0, 0.05) is 30.6 Å². The van der Waals surface area contributed by atoms with Gasteiger partial charge in [-0.15, -0.1) is 0 Å². The number of aliphatic carboxylic acids is 1. The zero-order valence-corrected chi connectivity index (χ0v) is 23.0. The molecule has 1 aromatic heterocycles. The van der Waals surface area contributed by atoms with E-state index in [0.717, 1.165) is 42.4 Å². The van der Waals surface area contributed by atoms with Crippen LogP contribution >= 0.6 is 0 Å². The molecule has 5 rings (SSSR count). The molecule has 0 saturated heterocycles. The summed E-state index contributed by atoms with van der Waals surface area (Å²) in [5.74, 6) is -0.479. The molecule has 2 fully saturated rings. The van der Waals surface area contributed by atoms with Crippen LogP contribution in [0.15, 0.2) is 79.2 Å². The smallest absolute Gasteiger partial charge is 0.303 e. The summed E-state index contributed by atoms with van der Waals surface area (Å²) < 4.78 is 21.8. The van der Waals surface area contributed by atoms with Crippen molar-refractivity contribution in [3.63, 3.8) is 0 Å². The Morgan fingerprint density at radius 2 is 1.85 bits per heavy atom. The minimum atomic E-state index is -0.743. The van der Waals surface area contributed by atoms with Gasteiger partial charge in [0.05, 0.1) is 18.2 Å². The summed E-state index contributed by atoms with van der Waals surface area (Å²) in [4.78, 5) is 24.3. The summed E-state index contributed by atoms with van der Waals surface area (Å²) in [7, 11) is 1.58. The van der Waals surface area contributed by atoms with Crippen molar-refractivity contribution in [1.29, 1.82) is 0 Å². The molecule has 7 heteroatoms. The first-order chi connectivity index (χ1) is 19.2. The van der Waals surface area contributed by atoms with Crippen LogP contribution in [0.2, 0.25) is 0 Å². The maximum absolute atomic E-state index is 14.7. The molecule has 2 aliphatic rings. The molecule has 208 valence electrons. The van der Waals surface area contributed by atoms with Crippen LogP contribution in [0.25, 0.3) is 16.5 Å². The van der Waals surface area contributed by atoms with E-state index >= 15 is 0 Å². The average molecular weight is 543 g/mol. The fourth-order valence-electron chi connectivity index (χ4n) is 6.45. The lowest BCUT2D eigenvalue weighted by Gasteiger charge is -2.57. The second kappa shape index (κ2) is 11.2. The third-order valence-corrected chi connectivity index (χ3v) is 8.38. The lowest BCUT2D eigenvalue weighted by atomic mass is 9.49. The van der Waals surface area contributed by atoms with Crippen LogP contribution in [0.1, 0.15) is 60.5 Å². The van der Waals surface area contributed by atoms with Crippen molar-refractivity contribution in [3.05, 3.63) is 102 Å². The molecule has 2 aromatic carbocycles. The number of nitrogens with zero attached hydrogens (tertiary/aromatic N) is 1. The number of methoxy groups -OCH3 is 1. The Labute approximate surface area is 233 Å². The fourth-order valence-corrected chi connectivity index (χ4v) is 6.45. The van der Waals surface area contributed by atoms with Gasteiger partial charge in [-0.1, -0.05) is 43.0 Å². The van der Waals surface area contributed by atoms with Gasteiger partial charge in [0.25, 0.3) is 5.91 Å². The number of hydrogen-bond donors (Lipinski definition) is 2. The number of carbonyl (C=O) groups excluding carboxylic acids is 1. The van der Waals surface area contributed by atoms with Crippen molar-refractivity contribution >= 4 is 28.4 Å². The predicted octanol–water partition coefficient (Wildman–Crippen LogP) is 6.71. The number of aromatic nitrogens is 1. The quantitative estimate of drug-likeness (QED) is 0.220. The first-order valence-electron chi connectivity index (χ1n) is 13.7. The molecule has 40 heavy (non-hydrogen) atoms. The van der Waals surface area contributed by atoms with E-state index in [-0.39, 0.29) is 35.5 Å². The van der Waals surface area contributed by atoms with Gasteiger partial charge in [0.15, 0.2) is 0 Å². The van der Waals surface area contributed by atoms with Crippen molar-refractivity contribution < 1.29 is 23.8 Å². The normalized spacial score (nSPS) is 22.2. The van der Waals surface area contributed by atoms with Crippen LogP contribution in [-0.2, 0) is 16.1 Å². The summed E-state index contributed by atoms with van der Waals surface area (Å²) >= 11 is 0. The molecular formula is C33H35FN2O4. The molecule has 6 nitrogen and oxygen atoms in total. The van der Waals surface area contributed by atoms with Crippen LogP contribution < -0.4 is 5.32 Å². The molecule has 0 aliphatic heterocycles. The molecule has 2 saturated carbocycles. The van der Waals surface area contributed by atoms with E-state index in [4.69, 9.17) is 9.84 Å². The van der Waals surface area contributed by atoms with Crippen molar-refractivity contribution in [3.8, 4) is 0 Å². The van der Waals surface area contributed by atoms with Crippen molar-refractivity contribution in [2.75, 3.05) is 7.11 Å². The van der Waals surface area contributed by atoms with Gasteiger partial charge in [-0.05, 0) is 84.9 Å². The maximum Gasteiger partial charge on any atom is 0.303 e. The van der Waals surface area contributed by atoms with Crippen LogP contribution in [0.5, 0.6) is 0 Å². The summed E-state index contributed by atoms with van der Waals surface area (Å²) in [6.07, 6.45) is 11.4. The number of allylic oxidation sites excluding steroid dienone is 4. The second-order valence-electron chi connectivity index (χ2n) is 11.2. The topological polar surface area (TPSA) is 80.6 Å². The highest BCUT2D eigenvalue weighted by molar-refractivity contribution is 6.06. The molecule has 0 bridgehead atoms. The maximum atomic E-state index is 14.7. The molecule has 1 spiro atoms. The summed E-state index contributed by atoms with van der Waals surface area (Å²) in [6.45, 7) is 6.28. The first kappa shape index (κ1) is 27.4. The lowest BCUT2D eigenvalue weighted by molar-refractivity contribution is -0.142. The van der Waals surface area contributed by atoms with Crippen LogP contribution in [0.4, 0.5) is 4.39 Å². The summed E-state index contributed by atoms with van der Waals surface area (Å²) in [6, 6.07) is 12.8. The molecule has 0 radical (unpaired) electrons. The number of carbonyl (C=O) groups is 2. The van der Waals surface area contributed by atoms with Gasteiger partial charge in [-0.2, -0.15) is 0 Å². The SMILES string of the molecule is C=C(/C=C\C(=C/C)c1ccc(Cn2ccc3c(F)ccc(C(=O)NC4CC5(CC(CC(=O)O)C5)C4)c32)cc1)OC. The van der Waals surface area contributed by atoms with Gasteiger partial charge in [-0.25, -0.2) is 4.39 Å². The third kappa shape index (κ3) is 5.60. The van der Waals surface area contributed by atoms with E-state index in [1.807, 2.05) is 60.2 Å². The predicted molar refractivity (Wildman–Crippen MR) is 154 cm³/mol. The number of carboxylic acid groups (broad SMARTS) is 1. The number of hydrogen-bond acceptors (Lipinski definition) is 3. The number of halogens is 1. The van der Waals surface area contributed by atoms with Crippen LogP contribution in [0.3, 0.4) is 0 Å². The number of nitrogens with one attached hydrogen (secondary N) is 1. The average Bonchev–Trinajstić information content (AvgIpc) is 3.31. The largest absolute Gasteiger partial charge is 0.497 e. The van der Waals surface area contributed by atoms with E-state index in [1.54, 1.807) is 19.2 Å². The van der Waals surface area contributed by atoms with Gasteiger partial charge in [0.2, 0.25) is 0 Å². The Morgan fingerprint density at radius 3 is 2.50 bits per heavy atom. The van der Waals surface area contributed by atoms with E-state index < -0.39 is 5.97 Å². The molecule has 1 amide bonds.